The van der Waals surface area contributed by atoms with Gasteiger partial charge in [0.1, 0.15) is 0 Å². The molecule has 0 atom stereocenters. The second-order valence-corrected chi connectivity index (χ2v) is 7.35. The van der Waals surface area contributed by atoms with Crippen molar-refractivity contribution in [2.45, 2.75) is 38.0 Å². The van der Waals surface area contributed by atoms with Crippen LogP contribution in [0.25, 0.3) is 0 Å². The molecule has 166 valence electrons. The maximum Gasteiger partial charge on any atom is 0.334 e. The largest absolute Gasteiger partial charge is 0.478 e. The van der Waals surface area contributed by atoms with Crippen molar-refractivity contribution in [2.75, 3.05) is 13.7 Å². The van der Waals surface area contributed by atoms with E-state index in [9.17, 15) is 34.7 Å². The molecule has 31 heavy (non-hydrogen) atoms. The maximum atomic E-state index is 12.2. The number of benzene rings is 1. The summed E-state index contributed by atoms with van der Waals surface area (Å²) in [6, 6.07) is 2.22. The van der Waals surface area contributed by atoms with E-state index in [1.807, 2.05) is 0 Å². The molecule has 0 aromatic heterocycles. The van der Waals surface area contributed by atoms with Crippen molar-refractivity contribution in [1.29, 1.82) is 0 Å². The van der Waals surface area contributed by atoms with E-state index < -0.39 is 34.4 Å². The van der Waals surface area contributed by atoms with Gasteiger partial charge in [0.05, 0.1) is 35.0 Å². The van der Waals surface area contributed by atoms with Gasteiger partial charge in [0.2, 0.25) is 0 Å². The number of nitro benzene ring substituents is 1. The number of hydrogen-bond acceptors (Lipinski definition) is 8. The van der Waals surface area contributed by atoms with E-state index in [2.05, 4.69) is 12.6 Å². The lowest BCUT2D eigenvalue weighted by Gasteiger charge is -2.35. The summed E-state index contributed by atoms with van der Waals surface area (Å²) in [5.41, 5.74) is -0.207. The van der Waals surface area contributed by atoms with Gasteiger partial charge in [-0.2, -0.15) is 0 Å². The second kappa shape index (κ2) is 9.21. The second-order valence-electron chi connectivity index (χ2n) is 6.87. The van der Waals surface area contributed by atoms with Crippen molar-refractivity contribution in [3.63, 3.8) is 0 Å². The molecule has 0 unspecified atom stereocenters. The highest BCUT2D eigenvalue weighted by molar-refractivity contribution is 7.80. The minimum absolute atomic E-state index is 0.00820. The summed E-state index contributed by atoms with van der Waals surface area (Å²) in [5, 5.41) is 31.3. The minimum atomic E-state index is -1.38. The van der Waals surface area contributed by atoms with Gasteiger partial charge >= 0.3 is 17.9 Å². The molecular weight excluding hydrogens is 428 g/mol. The fourth-order valence-electron chi connectivity index (χ4n) is 3.62. The average molecular weight is 450 g/mol. The van der Waals surface area contributed by atoms with E-state index in [0.29, 0.717) is 0 Å². The molecule has 0 saturated carbocycles. The van der Waals surface area contributed by atoms with Gasteiger partial charge in [-0.25, -0.2) is 9.59 Å². The summed E-state index contributed by atoms with van der Waals surface area (Å²) >= 11 is 4.27. The fraction of sp³-hybridized carbons (Fsp3) is 0.350. The molecule has 0 radical (unpaired) electrons. The molecule has 1 aliphatic rings. The van der Waals surface area contributed by atoms with Gasteiger partial charge in [-0.3, -0.25) is 14.9 Å². The summed E-state index contributed by atoms with van der Waals surface area (Å²) in [6.45, 7) is 4.73. The predicted octanol–water partition coefficient (Wildman–Crippen LogP) is 2.74. The summed E-state index contributed by atoms with van der Waals surface area (Å²) in [4.78, 5) is 48.8. The van der Waals surface area contributed by atoms with E-state index in [1.54, 1.807) is 6.92 Å². The Morgan fingerprint density at radius 3 is 2.10 bits per heavy atom. The lowest BCUT2D eigenvalue weighted by Crippen LogP contribution is -2.33. The van der Waals surface area contributed by atoms with E-state index in [-0.39, 0.29) is 51.6 Å². The van der Waals surface area contributed by atoms with Crippen LogP contribution in [0.3, 0.4) is 0 Å². The third-order valence-corrected chi connectivity index (χ3v) is 5.62. The molecule has 1 heterocycles. The average Bonchev–Trinajstić information content (AvgIpc) is 2.66. The highest BCUT2D eigenvalue weighted by Crippen LogP contribution is 2.44. The zero-order valence-corrected chi connectivity index (χ0v) is 18.2. The molecule has 1 aliphatic heterocycles. The van der Waals surface area contributed by atoms with Crippen LogP contribution in [-0.4, -0.2) is 51.6 Å². The van der Waals surface area contributed by atoms with Gasteiger partial charge in [-0.05, 0) is 31.9 Å². The lowest BCUT2D eigenvalue weighted by atomic mass is 9.77. The van der Waals surface area contributed by atoms with E-state index in [1.165, 1.54) is 25.8 Å². The number of carboxylic acids is 2. The molecule has 11 heteroatoms. The highest BCUT2D eigenvalue weighted by atomic mass is 32.1. The van der Waals surface area contributed by atoms with Crippen LogP contribution in [0.4, 0.5) is 5.69 Å². The lowest BCUT2D eigenvalue weighted by molar-refractivity contribution is -0.385. The number of thiol groups is 1. The number of ether oxygens (including phenoxy) is 1. The first-order valence-corrected chi connectivity index (χ1v) is 9.64. The van der Waals surface area contributed by atoms with Crippen LogP contribution in [0, 0.1) is 10.1 Å². The topological polar surface area (TPSA) is 147 Å². The molecule has 10 nitrogen and oxygen atoms in total. The van der Waals surface area contributed by atoms with Crippen molar-refractivity contribution in [3.8, 4) is 0 Å². The van der Waals surface area contributed by atoms with Gasteiger partial charge in [-0.1, -0.05) is 0 Å². The van der Waals surface area contributed by atoms with Gasteiger partial charge in [0.15, 0.2) is 0 Å². The molecule has 0 saturated heterocycles. The summed E-state index contributed by atoms with van der Waals surface area (Å²) < 4.78 is 4.96. The molecule has 2 rings (SSSR count). The Morgan fingerprint density at radius 1 is 1.16 bits per heavy atom. The number of nitro groups is 1. The summed E-state index contributed by atoms with van der Waals surface area (Å²) in [5.74, 6) is -4.78. The molecule has 0 fully saturated rings. The number of rotatable bonds is 7. The molecule has 0 spiro atoms. The number of hydrogen-bond donors (Lipinski definition) is 3. The predicted molar refractivity (Wildman–Crippen MR) is 112 cm³/mol. The molecule has 0 bridgehead atoms. The monoisotopic (exact) mass is 450 g/mol. The van der Waals surface area contributed by atoms with Crippen LogP contribution >= 0.6 is 12.6 Å². The van der Waals surface area contributed by atoms with Crippen LogP contribution in [0.15, 0.2) is 39.6 Å². The van der Waals surface area contributed by atoms with Crippen LogP contribution < -0.4 is 0 Å². The number of carbonyl (C=O) groups is 3. The minimum Gasteiger partial charge on any atom is -0.478 e. The standard InChI is InChI=1S/C20H22N2O8S/c1-5-30-15(23)8-12-13(6-11(22(28)29)7-14(12)31)18-16(19(24)25)9(2)21(4)10(3)17(18)20(26)27/h6-7,18,31H,5,8H2,1-4H3,(H,24,25)(H,26,27). The maximum absolute atomic E-state index is 12.2. The first-order chi connectivity index (χ1) is 14.4. The number of aliphatic carboxylic acids is 2. The first-order valence-electron chi connectivity index (χ1n) is 9.19. The molecule has 2 N–H and O–H groups in total. The van der Waals surface area contributed by atoms with Crippen LogP contribution in [-0.2, 0) is 25.5 Å². The molecule has 0 aliphatic carbocycles. The third-order valence-electron chi connectivity index (χ3n) is 5.22. The Morgan fingerprint density at radius 2 is 1.68 bits per heavy atom. The van der Waals surface area contributed by atoms with Gasteiger partial charge in [0, 0.05) is 35.5 Å². The summed E-state index contributed by atoms with van der Waals surface area (Å²) in [7, 11) is 1.53. The van der Waals surface area contributed by atoms with Gasteiger partial charge in [-0.15, -0.1) is 12.6 Å². The molecular formula is C20H22N2O8S. The van der Waals surface area contributed by atoms with E-state index in [0.717, 1.165) is 12.1 Å². The Hall–Kier alpha value is -3.34. The normalized spacial score (nSPS) is 14.7. The molecule has 1 aromatic rings. The van der Waals surface area contributed by atoms with E-state index in [4.69, 9.17) is 4.74 Å². The van der Waals surface area contributed by atoms with Crippen LogP contribution in [0.2, 0.25) is 0 Å². The zero-order valence-electron chi connectivity index (χ0n) is 17.3. The van der Waals surface area contributed by atoms with Crippen molar-refractivity contribution in [3.05, 3.63) is 55.9 Å². The van der Waals surface area contributed by atoms with Gasteiger partial charge < -0.3 is 19.8 Å². The van der Waals surface area contributed by atoms with E-state index >= 15 is 0 Å². The highest BCUT2D eigenvalue weighted by Gasteiger charge is 2.40. The number of esters is 1. The zero-order chi connectivity index (χ0) is 23.6. The molecule has 0 amide bonds. The Kier molecular flexibility index (Phi) is 7.11. The first kappa shape index (κ1) is 23.9. The Labute approximate surface area is 183 Å². The smallest absolute Gasteiger partial charge is 0.334 e. The number of nitrogens with zero attached hydrogens (tertiary/aromatic N) is 2. The Bertz CT molecular complexity index is 1010. The summed E-state index contributed by atoms with van der Waals surface area (Å²) in [6.07, 6.45) is -0.357. The number of carbonyl (C=O) groups excluding carboxylic acids is 1. The number of allylic oxidation sites excluding steroid dienone is 2. The quantitative estimate of drug-likeness (QED) is 0.247. The van der Waals surface area contributed by atoms with Gasteiger partial charge in [0.25, 0.3) is 5.69 Å². The van der Waals surface area contributed by atoms with Crippen LogP contribution in [0.5, 0.6) is 0 Å². The van der Waals surface area contributed by atoms with Crippen molar-refractivity contribution in [2.24, 2.45) is 0 Å². The number of carboxylic acid groups (broad SMARTS) is 2. The SMILES string of the molecule is CCOC(=O)Cc1c(S)cc([N+](=O)[O-])cc1C1C(C(=O)O)=C(C)N(C)C(C)=C1C(=O)O. The van der Waals surface area contributed by atoms with Crippen LogP contribution in [0.1, 0.15) is 37.8 Å². The number of non-ortho nitro benzene ring substituents is 1. The van der Waals surface area contributed by atoms with Crippen molar-refractivity contribution in [1.82, 2.24) is 4.90 Å². The Balaban J connectivity index is 2.93. The van der Waals surface area contributed by atoms with Crippen molar-refractivity contribution < 1.29 is 34.3 Å². The van der Waals surface area contributed by atoms with Crippen molar-refractivity contribution >= 4 is 36.2 Å². The third kappa shape index (κ3) is 4.55. The fourth-order valence-corrected chi connectivity index (χ4v) is 3.96. The molecule has 1 aromatic carbocycles.